The molecule has 1 N–H and O–H groups in total. The van der Waals surface area contributed by atoms with Gasteiger partial charge < -0.3 is 9.64 Å². The Labute approximate surface area is 202 Å². The summed E-state index contributed by atoms with van der Waals surface area (Å²) in [5.41, 5.74) is 4.05. The van der Waals surface area contributed by atoms with Crippen molar-refractivity contribution in [2.45, 2.75) is 45.2 Å². The average Bonchev–Trinajstić information content (AvgIpc) is 3.54. The third-order valence-electron chi connectivity index (χ3n) is 6.42. The van der Waals surface area contributed by atoms with E-state index < -0.39 is 0 Å². The van der Waals surface area contributed by atoms with Gasteiger partial charge in [-0.05, 0) is 36.5 Å². The minimum Gasteiger partial charge on any atom is -0.378 e. The Morgan fingerprint density at radius 3 is 2.79 bits per heavy atom. The number of amides is 1. The largest absolute Gasteiger partial charge is 0.378 e. The highest BCUT2D eigenvalue weighted by atomic mass is 35.5. The molecule has 2 aliphatic heterocycles. The Balaban J connectivity index is 0.000000243. The van der Waals surface area contributed by atoms with Crippen LogP contribution in [0.2, 0.25) is 5.02 Å². The number of ether oxygens (including phenoxy) is 1. The number of fused-ring (bicyclic) bond motifs is 5. The third-order valence-corrected chi connectivity index (χ3v) is 8.06. The van der Waals surface area contributed by atoms with Gasteiger partial charge in [0.05, 0.1) is 25.8 Å². The number of carbonyl (C=O) groups is 1. The molecule has 1 unspecified atom stereocenters. The number of nitrogens with zero attached hydrogens (tertiary/aromatic N) is 4. The second-order valence-corrected chi connectivity index (χ2v) is 9.88. The third kappa shape index (κ3) is 4.33. The molecule has 33 heavy (non-hydrogen) atoms. The van der Waals surface area contributed by atoms with E-state index in [1.165, 1.54) is 33.8 Å². The Morgan fingerprint density at radius 1 is 1.24 bits per heavy atom. The molecule has 1 saturated heterocycles. The lowest BCUT2D eigenvalue weighted by Crippen LogP contribution is -2.34. The number of morpholine rings is 1. The van der Waals surface area contributed by atoms with Crippen LogP contribution in [0.1, 0.15) is 52.6 Å². The van der Waals surface area contributed by atoms with Crippen molar-refractivity contribution in [2.75, 3.05) is 26.3 Å². The van der Waals surface area contributed by atoms with Crippen molar-refractivity contribution in [3.05, 3.63) is 62.5 Å². The summed E-state index contributed by atoms with van der Waals surface area (Å²) in [6.45, 7) is 5.73. The van der Waals surface area contributed by atoms with E-state index in [9.17, 15) is 4.79 Å². The molecule has 1 aromatic carbocycles. The second-order valence-electron chi connectivity index (χ2n) is 8.39. The molecule has 1 atom stereocenters. The number of benzene rings is 1. The lowest BCUT2D eigenvalue weighted by Gasteiger charge is -2.21. The van der Waals surface area contributed by atoms with Gasteiger partial charge in [0, 0.05) is 35.0 Å². The number of hydrogen-bond acceptors (Lipinski definition) is 6. The average molecular weight is 486 g/mol. The molecule has 0 spiro atoms. The SMILES string of the molecule is CCc1nnc2n1-c1sc3c(c1C(c1ccccc1Cl)NC2)CCC3.O=CN1CCOCC1. The fraction of sp³-hybridized carbons (Fsp3) is 0.458. The molecule has 6 rings (SSSR count). The zero-order valence-corrected chi connectivity index (χ0v) is 20.3. The van der Waals surface area contributed by atoms with Crippen molar-refractivity contribution in [3.8, 4) is 5.00 Å². The molecule has 0 radical (unpaired) electrons. The molecule has 1 fully saturated rings. The molecule has 3 aromatic rings. The molecular weight excluding hydrogens is 458 g/mol. The van der Waals surface area contributed by atoms with Gasteiger partial charge in [-0.15, -0.1) is 21.5 Å². The smallest absolute Gasteiger partial charge is 0.209 e. The van der Waals surface area contributed by atoms with Crippen LogP contribution in [0.15, 0.2) is 24.3 Å². The van der Waals surface area contributed by atoms with Crippen molar-refractivity contribution in [3.63, 3.8) is 0 Å². The highest BCUT2D eigenvalue weighted by Crippen LogP contribution is 2.45. The van der Waals surface area contributed by atoms with Crippen LogP contribution < -0.4 is 5.32 Å². The van der Waals surface area contributed by atoms with Crippen molar-refractivity contribution in [1.82, 2.24) is 25.0 Å². The summed E-state index contributed by atoms with van der Waals surface area (Å²) >= 11 is 8.49. The number of nitrogens with one attached hydrogen (secondary N) is 1. The number of thiophene rings is 1. The molecule has 7 nitrogen and oxygen atoms in total. The number of aryl methyl sites for hydroxylation is 2. The summed E-state index contributed by atoms with van der Waals surface area (Å²) in [5.74, 6) is 2.03. The monoisotopic (exact) mass is 485 g/mol. The molecule has 4 heterocycles. The predicted octanol–water partition coefficient (Wildman–Crippen LogP) is 3.70. The summed E-state index contributed by atoms with van der Waals surface area (Å²) in [7, 11) is 0. The zero-order chi connectivity index (χ0) is 22.8. The van der Waals surface area contributed by atoms with Crippen LogP contribution in [0, 0.1) is 0 Å². The van der Waals surface area contributed by atoms with Crippen molar-refractivity contribution in [2.24, 2.45) is 0 Å². The molecule has 3 aliphatic rings. The van der Waals surface area contributed by atoms with Gasteiger partial charge in [0.15, 0.2) is 5.82 Å². The second kappa shape index (κ2) is 9.93. The molecule has 0 saturated carbocycles. The van der Waals surface area contributed by atoms with E-state index in [1.807, 2.05) is 23.5 Å². The Bertz CT molecular complexity index is 1140. The molecule has 174 valence electrons. The first-order valence-electron chi connectivity index (χ1n) is 11.5. The quantitative estimate of drug-likeness (QED) is 0.573. The lowest BCUT2D eigenvalue weighted by molar-refractivity contribution is -0.121. The molecule has 1 aliphatic carbocycles. The van der Waals surface area contributed by atoms with Crippen LogP contribution in [0.25, 0.3) is 5.00 Å². The molecule has 2 aromatic heterocycles. The zero-order valence-electron chi connectivity index (χ0n) is 18.7. The van der Waals surface area contributed by atoms with Gasteiger partial charge in [-0.2, -0.15) is 0 Å². The van der Waals surface area contributed by atoms with Crippen LogP contribution in [0.4, 0.5) is 0 Å². The van der Waals surface area contributed by atoms with Gasteiger partial charge in [-0.25, -0.2) is 0 Å². The standard InChI is InChI=1S/C19H19ClN4S.C5H9NO2/c1-2-15-22-23-16-10-21-18(11-6-3-4-8-13(11)20)17-12-7-5-9-14(12)25-19(17)24(15)16;7-5-6-1-3-8-4-2-6/h3-4,6,8,18,21H,2,5,7,9-10H2,1H3;5H,1-4H2. The van der Waals surface area contributed by atoms with E-state index in [2.05, 4.69) is 39.1 Å². The number of hydrogen-bond donors (Lipinski definition) is 1. The van der Waals surface area contributed by atoms with Gasteiger partial charge in [-0.1, -0.05) is 36.7 Å². The van der Waals surface area contributed by atoms with E-state index in [0.717, 1.165) is 54.6 Å². The predicted molar refractivity (Wildman–Crippen MR) is 129 cm³/mol. The van der Waals surface area contributed by atoms with Crippen LogP contribution in [0.5, 0.6) is 0 Å². The van der Waals surface area contributed by atoms with Gasteiger partial charge in [-0.3, -0.25) is 14.7 Å². The summed E-state index contributed by atoms with van der Waals surface area (Å²) in [5, 5.41) is 14.7. The Kier molecular flexibility index (Phi) is 6.78. The van der Waals surface area contributed by atoms with Crippen molar-refractivity contribution >= 4 is 29.3 Å². The number of halogens is 1. The lowest BCUT2D eigenvalue weighted by atomic mass is 9.96. The fourth-order valence-corrected chi connectivity index (χ4v) is 6.48. The van der Waals surface area contributed by atoms with Crippen molar-refractivity contribution < 1.29 is 9.53 Å². The number of carbonyl (C=O) groups excluding carboxylic acids is 1. The van der Waals surface area contributed by atoms with E-state index in [4.69, 9.17) is 16.3 Å². The van der Waals surface area contributed by atoms with Crippen LogP contribution in [0.3, 0.4) is 0 Å². The minimum atomic E-state index is 0.105. The maximum Gasteiger partial charge on any atom is 0.209 e. The summed E-state index contributed by atoms with van der Waals surface area (Å²) in [6, 6.07) is 8.28. The van der Waals surface area contributed by atoms with E-state index in [-0.39, 0.29) is 6.04 Å². The fourth-order valence-electron chi connectivity index (χ4n) is 4.76. The molecular formula is C24H28ClN5O2S. The Morgan fingerprint density at radius 2 is 2.06 bits per heavy atom. The molecule has 9 heteroatoms. The first kappa shape index (κ1) is 22.5. The van der Waals surface area contributed by atoms with Gasteiger partial charge >= 0.3 is 0 Å². The maximum atomic E-state index is 10.0. The van der Waals surface area contributed by atoms with Gasteiger partial charge in [0.1, 0.15) is 10.8 Å². The highest BCUT2D eigenvalue weighted by Gasteiger charge is 2.34. The maximum absolute atomic E-state index is 10.0. The van der Waals surface area contributed by atoms with Gasteiger partial charge in [0.2, 0.25) is 6.41 Å². The summed E-state index contributed by atoms with van der Waals surface area (Å²) in [6.07, 6.45) is 5.33. The Hall–Kier alpha value is -2.26. The van der Waals surface area contributed by atoms with E-state index in [1.54, 1.807) is 4.90 Å². The van der Waals surface area contributed by atoms with E-state index in [0.29, 0.717) is 19.8 Å². The van der Waals surface area contributed by atoms with Gasteiger partial charge in [0.25, 0.3) is 0 Å². The number of aromatic nitrogens is 3. The van der Waals surface area contributed by atoms with Crippen LogP contribution in [-0.2, 0) is 35.3 Å². The minimum absolute atomic E-state index is 0.105. The summed E-state index contributed by atoms with van der Waals surface area (Å²) in [4.78, 5) is 13.3. The topological polar surface area (TPSA) is 72.3 Å². The highest BCUT2D eigenvalue weighted by molar-refractivity contribution is 7.15. The summed E-state index contributed by atoms with van der Waals surface area (Å²) < 4.78 is 7.28. The molecule has 0 bridgehead atoms. The van der Waals surface area contributed by atoms with E-state index >= 15 is 0 Å². The van der Waals surface area contributed by atoms with Crippen LogP contribution in [-0.4, -0.2) is 52.4 Å². The first-order chi connectivity index (χ1) is 16.2. The first-order valence-corrected chi connectivity index (χ1v) is 12.7. The van der Waals surface area contributed by atoms with Crippen molar-refractivity contribution in [1.29, 1.82) is 0 Å². The van der Waals surface area contributed by atoms with Crippen LogP contribution >= 0.6 is 22.9 Å². The molecule has 1 amide bonds. The number of rotatable bonds is 3. The normalized spacial score (nSPS) is 19.1.